The number of hydrogen-bond acceptors (Lipinski definition) is 3. The normalized spacial score (nSPS) is 10.6. The van der Waals surface area contributed by atoms with Gasteiger partial charge in [0.1, 0.15) is 24.8 Å². The second-order valence-electron chi connectivity index (χ2n) is 8.52. The first-order chi connectivity index (χ1) is 16.5. The van der Waals surface area contributed by atoms with Gasteiger partial charge >= 0.3 is 0 Å². The molecule has 0 radical (unpaired) electrons. The fourth-order valence-corrected chi connectivity index (χ4v) is 3.55. The van der Waals surface area contributed by atoms with Crippen molar-refractivity contribution in [3.05, 3.63) is 36.4 Å². The van der Waals surface area contributed by atoms with Crippen LogP contribution in [0.25, 0.3) is 0 Å². The molecule has 8 heteroatoms. The number of rotatable bonds is 16. The Kier molecular flexibility index (Phi) is 22.6. The Labute approximate surface area is 210 Å². The molecule has 2 aromatic heterocycles. The first kappa shape index (κ1) is 32.7. The van der Waals surface area contributed by atoms with E-state index in [0.29, 0.717) is 6.61 Å². The number of nitrogens with one attached hydrogen (secondary N) is 2. The second-order valence-corrected chi connectivity index (χ2v) is 9.23. The molecule has 0 unspecified atom stereocenters. The van der Waals surface area contributed by atoms with Crippen molar-refractivity contribution in [3.8, 4) is 0 Å². The molecule has 0 fully saturated rings. The molecule has 0 atom stereocenters. The van der Waals surface area contributed by atoms with Crippen LogP contribution in [0.15, 0.2) is 24.8 Å². The summed E-state index contributed by atoms with van der Waals surface area (Å²) in [5, 5.41) is 0. The van der Waals surface area contributed by atoms with Crippen molar-refractivity contribution >= 4 is 8.60 Å². The highest BCUT2D eigenvalue weighted by Crippen LogP contribution is 2.12. The van der Waals surface area contributed by atoms with Gasteiger partial charge in [-0.2, -0.15) is 8.60 Å². The van der Waals surface area contributed by atoms with E-state index in [-0.39, 0.29) is 0 Å². The Morgan fingerprint density at radius 1 is 0.676 bits per heavy atom. The van der Waals surface area contributed by atoms with Crippen LogP contribution in [0.2, 0.25) is 0 Å². The Hall–Kier alpha value is -1.27. The molecule has 0 saturated carbocycles. The first-order valence-corrected chi connectivity index (χ1v) is 14.5. The molecule has 34 heavy (non-hydrogen) atoms. The van der Waals surface area contributed by atoms with E-state index in [1.807, 2.05) is 19.3 Å². The smallest absolute Gasteiger partial charge is 0.254 e. The van der Waals surface area contributed by atoms with Crippen LogP contribution in [0.3, 0.4) is 0 Å². The lowest BCUT2D eigenvalue weighted by atomic mass is 10.2. The third-order valence-corrected chi connectivity index (χ3v) is 5.83. The highest BCUT2D eigenvalue weighted by molar-refractivity contribution is 7.36. The number of aromatic amines is 2. The molecule has 0 aromatic carbocycles. The summed E-state index contributed by atoms with van der Waals surface area (Å²) in [7, 11) is -2.61. The third kappa shape index (κ3) is 17.2. The molecule has 2 aromatic rings. The van der Waals surface area contributed by atoms with Crippen LogP contribution in [0.1, 0.15) is 110 Å². The summed E-state index contributed by atoms with van der Waals surface area (Å²) in [4.78, 5) is 26.0. The summed E-state index contributed by atoms with van der Waals surface area (Å²) in [6.07, 6.45) is 22.7. The fourth-order valence-electron chi connectivity index (χ4n) is 3.27. The van der Waals surface area contributed by atoms with Crippen LogP contribution in [0.5, 0.6) is 0 Å². The summed E-state index contributed by atoms with van der Waals surface area (Å²) in [5.74, 6) is 2.77. The number of nitrogens with zero attached hydrogens (tertiary/aromatic N) is 2. The van der Waals surface area contributed by atoms with Crippen LogP contribution < -0.4 is 18.9 Å². The van der Waals surface area contributed by atoms with E-state index in [9.17, 15) is 9.79 Å². The van der Waals surface area contributed by atoms with Gasteiger partial charge in [0, 0.05) is 19.4 Å². The van der Waals surface area contributed by atoms with Gasteiger partial charge in [-0.25, -0.2) is 19.1 Å². The van der Waals surface area contributed by atoms with Gasteiger partial charge < -0.3 is 14.3 Å². The zero-order valence-electron chi connectivity index (χ0n) is 22.5. The molecule has 0 aliphatic carbocycles. The van der Waals surface area contributed by atoms with Crippen molar-refractivity contribution in [3.63, 3.8) is 0 Å². The maximum atomic E-state index is 9.69. The minimum atomic E-state index is -2.61. The molecule has 2 N–H and O–H groups in total. The van der Waals surface area contributed by atoms with Crippen LogP contribution in [0.4, 0.5) is 0 Å². The quantitative estimate of drug-likeness (QED) is 0.201. The zero-order valence-corrected chi connectivity index (χ0v) is 23.4. The molecule has 198 valence electrons. The van der Waals surface area contributed by atoms with Crippen molar-refractivity contribution in [2.75, 3.05) is 6.61 Å². The molecular weight excluding hydrogens is 447 g/mol. The lowest BCUT2D eigenvalue weighted by molar-refractivity contribution is -0.703. The van der Waals surface area contributed by atoms with Gasteiger partial charge in [-0.15, -0.1) is 0 Å². The minimum Gasteiger partial charge on any atom is -0.820 e. The number of hydrogen-bond donors (Lipinski definition) is 2. The average Bonchev–Trinajstić information content (AvgIpc) is 3.48. The SMILES string of the molecule is CCCCOP([O-])[O-].CCCCc1[nH]cc[n+]1CCCC.CCCCc1[nH]cc[n+]1CCCC. The van der Waals surface area contributed by atoms with E-state index in [4.69, 9.17) is 0 Å². The molecule has 0 saturated heterocycles. The van der Waals surface area contributed by atoms with Gasteiger partial charge in [0.15, 0.2) is 0 Å². The highest BCUT2D eigenvalue weighted by atomic mass is 31.2. The molecule has 0 amide bonds. The van der Waals surface area contributed by atoms with Gasteiger partial charge in [0.25, 0.3) is 11.6 Å². The number of imidazole rings is 2. The Morgan fingerprint density at radius 2 is 1.09 bits per heavy atom. The van der Waals surface area contributed by atoms with Crippen LogP contribution in [0, 0.1) is 0 Å². The number of unbranched alkanes of at least 4 members (excludes halogenated alkanes) is 5. The van der Waals surface area contributed by atoms with Gasteiger partial charge in [0.05, 0.1) is 13.1 Å². The average molecular weight is 499 g/mol. The van der Waals surface area contributed by atoms with Crippen molar-refractivity contribution in [2.45, 2.75) is 125 Å². The lowest BCUT2D eigenvalue weighted by Crippen LogP contribution is -2.35. The number of aromatic nitrogens is 4. The maximum Gasteiger partial charge on any atom is 0.254 e. The minimum absolute atomic E-state index is 0.329. The molecule has 0 bridgehead atoms. The predicted molar refractivity (Wildman–Crippen MR) is 137 cm³/mol. The standard InChI is InChI=1S/2C11H20N2.C4H9O3P/c2*1-3-5-7-11-12-8-10-13(11)9-6-4-2;1-2-3-4-7-8(5)6/h2*8,10H,3-7,9H2,1-2H3;2-4H2,1H3/q;;-2/p+2. The fraction of sp³-hybridized carbons (Fsp3) is 0.769. The Balaban J connectivity index is 0.000000497. The van der Waals surface area contributed by atoms with Crippen LogP contribution in [-0.2, 0) is 30.5 Å². The van der Waals surface area contributed by atoms with E-state index in [1.54, 1.807) is 0 Å². The van der Waals surface area contributed by atoms with Crippen LogP contribution in [-0.4, -0.2) is 16.6 Å². The Morgan fingerprint density at radius 3 is 1.44 bits per heavy atom. The largest absolute Gasteiger partial charge is 0.820 e. The zero-order chi connectivity index (χ0) is 25.4. The van der Waals surface area contributed by atoms with E-state index in [2.05, 4.69) is 63.7 Å². The second kappa shape index (κ2) is 23.5. The molecule has 0 aliphatic rings. The topological polar surface area (TPSA) is 94.7 Å². The summed E-state index contributed by atoms with van der Waals surface area (Å²) >= 11 is 0. The summed E-state index contributed by atoms with van der Waals surface area (Å²) in [5.41, 5.74) is 0. The van der Waals surface area contributed by atoms with Crippen molar-refractivity contribution in [2.24, 2.45) is 0 Å². The summed E-state index contributed by atoms with van der Waals surface area (Å²) in [6, 6.07) is 0. The summed E-state index contributed by atoms with van der Waals surface area (Å²) in [6.45, 7) is 13.6. The van der Waals surface area contributed by atoms with Gasteiger partial charge in [-0.1, -0.05) is 66.7 Å². The Bertz CT molecular complexity index is 581. The maximum absolute atomic E-state index is 9.69. The molecule has 2 heterocycles. The van der Waals surface area contributed by atoms with Crippen molar-refractivity contribution < 1.29 is 23.4 Å². The number of aryl methyl sites for hydroxylation is 4. The van der Waals surface area contributed by atoms with Crippen molar-refractivity contribution in [1.82, 2.24) is 9.97 Å². The third-order valence-electron chi connectivity index (χ3n) is 5.44. The van der Waals surface area contributed by atoms with Gasteiger partial charge in [0.2, 0.25) is 0 Å². The van der Waals surface area contributed by atoms with E-state index in [1.165, 1.54) is 88.9 Å². The number of H-pyrrole nitrogens is 2. The van der Waals surface area contributed by atoms with E-state index < -0.39 is 8.60 Å². The monoisotopic (exact) mass is 498 g/mol. The molecule has 0 spiro atoms. The van der Waals surface area contributed by atoms with Gasteiger partial charge in [-0.05, 0) is 32.1 Å². The van der Waals surface area contributed by atoms with Crippen LogP contribution >= 0.6 is 8.60 Å². The van der Waals surface area contributed by atoms with E-state index >= 15 is 0 Å². The van der Waals surface area contributed by atoms with E-state index in [0.717, 1.165) is 12.8 Å². The van der Waals surface area contributed by atoms with Gasteiger partial charge in [-0.3, -0.25) is 0 Å². The molecular formula is C26H51N4O3P. The predicted octanol–water partition coefficient (Wildman–Crippen LogP) is 4.64. The van der Waals surface area contributed by atoms with Crippen molar-refractivity contribution in [1.29, 1.82) is 0 Å². The molecule has 0 aliphatic heterocycles. The first-order valence-electron chi connectivity index (χ1n) is 13.4. The molecule has 2 rings (SSSR count). The lowest BCUT2D eigenvalue weighted by Gasteiger charge is -2.28. The molecule has 7 nitrogen and oxygen atoms in total. The highest BCUT2D eigenvalue weighted by Gasteiger charge is 2.09. The summed E-state index contributed by atoms with van der Waals surface area (Å²) < 4.78 is 8.93.